The smallest absolute Gasteiger partial charge is 0.313 e. The molecule has 0 aliphatic carbocycles. The van der Waals surface area contributed by atoms with Crippen LogP contribution >= 0.6 is 0 Å². The standard InChI is InChI=1S/C11H13NO4/c1-3-10(11(13)16-2)8-4-6-9(7-5-8)12(14)15/h4-7,10H,3H2,1-2H3/t10-/m1/s1. The molecule has 0 saturated carbocycles. The minimum atomic E-state index is -0.469. The molecule has 0 fully saturated rings. The SMILES string of the molecule is CC[C@@H](C(=O)OC)c1ccc([N+](=O)[O-])cc1. The predicted octanol–water partition coefficient (Wildman–Crippen LogP) is 2.26. The van der Waals surface area contributed by atoms with Crippen molar-refractivity contribution >= 4 is 11.7 Å². The van der Waals surface area contributed by atoms with Crippen molar-refractivity contribution < 1.29 is 14.5 Å². The number of benzene rings is 1. The lowest BCUT2D eigenvalue weighted by molar-refractivity contribution is -0.384. The highest BCUT2D eigenvalue weighted by molar-refractivity contribution is 5.78. The number of hydrogen-bond donors (Lipinski definition) is 0. The van der Waals surface area contributed by atoms with Gasteiger partial charge in [-0.15, -0.1) is 0 Å². The summed E-state index contributed by atoms with van der Waals surface area (Å²) in [4.78, 5) is 21.4. The molecular formula is C11H13NO4. The molecule has 0 N–H and O–H groups in total. The van der Waals surface area contributed by atoms with Crippen molar-refractivity contribution in [3.05, 3.63) is 39.9 Å². The summed E-state index contributed by atoms with van der Waals surface area (Å²) in [7, 11) is 1.33. The van der Waals surface area contributed by atoms with Crippen molar-refractivity contribution in [3.63, 3.8) is 0 Å². The number of carbonyl (C=O) groups excluding carboxylic acids is 1. The van der Waals surface area contributed by atoms with E-state index in [-0.39, 0.29) is 17.6 Å². The number of nitrogens with zero attached hydrogens (tertiary/aromatic N) is 1. The first kappa shape index (κ1) is 12.2. The maximum absolute atomic E-state index is 11.4. The van der Waals surface area contributed by atoms with E-state index >= 15 is 0 Å². The molecule has 5 nitrogen and oxygen atoms in total. The first-order valence-electron chi connectivity index (χ1n) is 4.92. The van der Waals surface area contributed by atoms with Crippen LogP contribution in [-0.2, 0) is 9.53 Å². The molecule has 0 amide bonds. The zero-order chi connectivity index (χ0) is 12.1. The van der Waals surface area contributed by atoms with Gasteiger partial charge < -0.3 is 4.74 Å². The second kappa shape index (κ2) is 5.25. The second-order valence-electron chi connectivity index (χ2n) is 3.33. The van der Waals surface area contributed by atoms with Crippen LogP contribution in [0.4, 0.5) is 5.69 Å². The van der Waals surface area contributed by atoms with Gasteiger partial charge in [0.2, 0.25) is 0 Å². The third-order valence-corrected chi connectivity index (χ3v) is 2.40. The molecule has 0 saturated heterocycles. The van der Waals surface area contributed by atoms with Crippen molar-refractivity contribution in [2.75, 3.05) is 7.11 Å². The second-order valence-corrected chi connectivity index (χ2v) is 3.33. The summed E-state index contributed by atoms with van der Waals surface area (Å²) in [6, 6.07) is 5.95. The molecule has 1 rings (SSSR count). The largest absolute Gasteiger partial charge is 0.469 e. The third kappa shape index (κ3) is 2.56. The number of non-ortho nitro benzene ring substituents is 1. The molecule has 0 aromatic heterocycles. The van der Waals surface area contributed by atoms with E-state index in [2.05, 4.69) is 4.74 Å². The average Bonchev–Trinajstić information content (AvgIpc) is 2.30. The monoisotopic (exact) mass is 223 g/mol. The van der Waals surface area contributed by atoms with Crippen LogP contribution in [0, 0.1) is 10.1 Å². The van der Waals surface area contributed by atoms with Crippen molar-refractivity contribution in [3.8, 4) is 0 Å². The van der Waals surface area contributed by atoms with Gasteiger partial charge in [-0.05, 0) is 12.0 Å². The molecule has 1 aromatic carbocycles. The van der Waals surface area contributed by atoms with Crippen LogP contribution in [0.1, 0.15) is 24.8 Å². The van der Waals surface area contributed by atoms with E-state index in [1.54, 1.807) is 12.1 Å². The van der Waals surface area contributed by atoms with Crippen LogP contribution in [0.5, 0.6) is 0 Å². The normalized spacial score (nSPS) is 11.9. The predicted molar refractivity (Wildman–Crippen MR) is 58.1 cm³/mol. The Morgan fingerprint density at radius 1 is 1.44 bits per heavy atom. The van der Waals surface area contributed by atoms with Gasteiger partial charge >= 0.3 is 5.97 Å². The maximum Gasteiger partial charge on any atom is 0.313 e. The highest BCUT2D eigenvalue weighted by Crippen LogP contribution is 2.23. The van der Waals surface area contributed by atoms with Gasteiger partial charge in [0.05, 0.1) is 18.0 Å². The first-order valence-corrected chi connectivity index (χ1v) is 4.92. The Kier molecular flexibility index (Phi) is 3.99. The molecule has 1 atom stereocenters. The summed E-state index contributed by atoms with van der Waals surface area (Å²) >= 11 is 0. The first-order chi connectivity index (χ1) is 7.60. The summed E-state index contributed by atoms with van der Waals surface area (Å²) in [6.45, 7) is 1.86. The van der Waals surface area contributed by atoms with Gasteiger partial charge in [-0.2, -0.15) is 0 Å². The van der Waals surface area contributed by atoms with Gasteiger partial charge in [-0.1, -0.05) is 19.1 Å². The van der Waals surface area contributed by atoms with E-state index in [1.165, 1.54) is 19.2 Å². The number of nitro groups is 1. The van der Waals surface area contributed by atoms with E-state index in [1.807, 2.05) is 6.92 Å². The summed E-state index contributed by atoms with van der Waals surface area (Å²) in [5.41, 5.74) is 0.753. The highest BCUT2D eigenvalue weighted by Gasteiger charge is 2.19. The topological polar surface area (TPSA) is 69.4 Å². The van der Waals surface area contributed by atoms with Gasteiger partial charge in [0.15, 0.2) is 0 Å². The number of nitro benzene ring substituents is 1. The van der Waals surface area contributed by atoms with Gasteiger partial charge in [0, 0.05) is 12.1 Å². The Labute approximate surface area is 93.2 Å². The van der Waals surface area contributed by atoms with Crippen LogP contribution in [0.2, 0.25) is 0 Å². The molecule has 0 unspecified atom stereocenters. The van der Waals surface area contributed by atoms with Crippen LogP contribution in [-0.4, -0.2) is 18.0 Å². The summed E-state index contributed by atoms with van der Waals surface area (Å²) < 4.78 is 4.66. The lowest BCUT2D eigenvalue weighted by atomic mass is 9.96. The van der Waals surface area contributed by atoms with Crippen LogP contribution in [0.3, 0.4) is 0 Å². The van der Waals surface area contributed by atoms with Crippen molar-refractivity contribution in [2.45, 2.75) is 19.3 Å². The molecule has 1 aromatic rings. The molecule has 0 heterocycles. The Morgan fingerprint density at radius 3 is 2.38 bits per heavy atom. The average molecular weight is 223 g/mol. The maximum atomic E-state index is 11.4. The molecule has 0 radical (unpaired) electrons. The van der Waals surface area contributed by atoms with Crippen molar-refractivity contribution in [1.29, 1.82) is 0 Å². The lowest BCUT2D eigenvalue weighted by Crippen LogP contribution is -2.13. The Balaban J connectivity index is 2.95. The van der Waals surface area contributed by atoms with Crippen LogP contribution < -0.4 is 0 Å². The highest BCUT2D eigenvalue weighted by atomic mass is 16.6. The van der Waals surface area contributed by atoms with E-state index in [0.29, 0.717) is 6.42 Å². The number of esters is 1. The Hall–Kier alpha value is -1.91. The molecule has 5 heteroatoms. The number of methoxy groups -OCH3 is 1. The number of carbonyl (C=O) groups is 1. The molecule has 16 heavy (non-hydrogen) atoms. The van der Waals surface area contributed by atoms with E-state index in [9.17, 15) is 14.9 Å². The quantitative estimate of drug-likeness (QED) is 0.446. The number of ether oxygens (including phenoxy) is 1. The Bertz CT molecular complexity index is 385. The fraction of sp³-hybridized carbons (Fsp3) is 0.364. The summed E-state index contributed by atoms with van der Waals surface area (Å²) in [5.74, 6) is -0.679. The zero-order valence-electron chi connectivity index (χ0n) is 9.17. The summed E-state index contributed by atoms with van der Waals surface area (Å²) in [6.07, 6.45) is 0.602. The number of hydrogen-bond acceptors (Lipinski definition) is 4. The molecule has 86 valence electrons. The molecule has 0 spiro atoms. The van der Waals surface area contributed by atoms with Crippen molar-refractivity contribution in [1.82, 2.24) is 0 Å². The molecule has 0 aliphatic heterocycles. The fourth-order valence-electron chi connectivity index (χ4n) is 1.51. The van der Waals surface area contributed by atoms with Crippen LogP contribution in [0.25, 0.3) is 0 Å². The van der Waals surface area contributed by atoms with Crippen LogP contribution in [0.15, 0.2) is 24.3 Å². The zero-order valence-corrected chi connectivity index (χ0v) is 9.17. The minimum Gasteiger partial charge on any atom is -0.469 e. The van der Waals surface area contributed by atoms with E-state index in [4.69, 9.17) is 0 Å². The van der Waals surface area contributed by atoms with Gasteiger partial charge in [0.1, 0.15) is 0 Å². The summed E-state index contributed by atoms with van der Waals surface area (Å²) in [5, 5.41) is 10.5. The Morgan fingerprint density at radius 2 is 2.00 bits per heavy atom. The van der Waals surface area contributed by atoms with E-state index < -0.39 is 4.92 Å². The fourth-order valence-corrected chi connectivity index (χ4v) is 1.51. The van der Waals surface area contributed by atoms with E-state index in [0.717, 1.165) is 5.56 Å². The number of rotatable bonds is 4. The van der Waals surface area contributed by atoms with Gasteiger partial charge in [-0.3, -0.25) is 14.9 Å². The molecule has 0 bridgehead atoms. The third-order valence-electron chi connectivity index (χ3n) is 2.40. The lowest BCUT2D eigenvalue weighted by Gasteiger charge is -2.12. The molecule has 0 aliphatic rings. The van der Waals surface area contributed by atoms with Gasteiger partial charge in [-0.25, -0.2) is 0 Å². The van der Waals surface area contributed by atoms with Gasteiger partial charge in [0.25, 0.3) is 5.69 Å². The molecular weight excluding hydrogens is 210 g/mol. The van der Waals surface area contributed by atoms with Crippen molar-refractivity contribution in [2.24, 2.45) is 0 Å². The minimum absolute atomic E-state index is 0.0171.